The topological polar surface area (TPSA) is 123 Å². The van der Waals surface area contributed by atoms with Crippen molar-refractivity contribution in [3.8, 4) is 11.4 Å². The molecule has 0 unspecified atom stereocenters. The maximum absolute atomic E-state index is 11.8. The molecule has 0 bridgehead atoms. The first-order chi connectivity index (χ1) is 12.5. The third-order valence-electron chi connectivity index (χ3n) is 3.59. The number of nitrogens with zero attached hydrogens (tertiary/aromatic N) is 3. The third kappa shape index (κ3) is 3.83. The van der Waals surface area contributed by atoms with Crippen molar-refractivity contribution in [1.82, 2.24) is 15.2 Å². The molecule has 0 aliphatic heterocycles. The Hall–Kier alpha value is -3.75. The predicted octanol–water partition coefficient (Wildman–Crippen LogP) is 3.44. The van der Waals surface area contributed by atoms with Gasteiger partial charge in [-0.25, -0.2) is 4.79 Å². The molecule has 0 fully saturated rings. The van der Waals surface area contributed by atoms with E-state index in [0.717, 1.165) is 5.56 Å². The third-order valence-corrected chi connectivity index (χ3v) is 3.59. The molecule has 2 aromatic carbocycles. The number of para-hydroxylation sites is 1. The monoisotopic (exact) mass is 353 g/mol. The van der Waals surface area contributed by atoms with Crippen molar-refractivity contribution in [3.05, 3.63) is 69.8 Å². The van der Waals surface area contributed by atoms with E-state index in [1.807, 2.05) is 30.3 Å². The lowest BCUT2D eigenvalue weighted by atomic mass is 10.1. The lowest BCUT2D eigenvalue weighted by Crippen LogP contribution is -2.14. The normalized spacial score (nSPS) is 10.3. The van der Waals surface area contributed by atoms with Gasteiger partial charge in [0, 0.05) is 5.56 Å². The Morgan fingerprint density at radius 3 is 2.73 bits per heavy atom. The van der Waals surface area contributed by atoms with Crippen LogP contribution in [0.5, 0.6) is 0 Å². The lowest BCUT2D eigenvalue weighted by Gasteiger charge is -2.04. The molecule has 0 aliphatic carbocycles. The Morgan fingerprint density at radius 1 is 1.23 bits per heavy atom. The highest BCUT2D eigenvalue weighted by atomic mass is 16.6. The maximum atomic E-state index is 11.8. The van der Waals surface area contributed by atoms with Gasteiger partial charge < -0.3 is 4.74 Å². The van der Waals surface area contributed by atoms with Crippen LogP contribution < -0.4 is 5.32 Å². The molecule has 0 spiro atoms. The molecule has 9 nitrogen and oxygen atoms in total. The van der Waals surface area contributed by atoms with Crippen LogP contribution in [0, 0.1) is 17.0 Å². The van der Waals surface area contributed by atoms with E-state index in [1.165, 1.54) is 0 Å². The zero-order valence-electron chi connectivity index (χ0n) is 13.8. The van der Waals surface area contributed by atoms with Crippen LogP contribution in [0.15, 0.2) is 48.5 Å². The molecule has 1 aromatic heterocycles. The van der Waals surface area contributed by atoms with Crippen molar-refractivity contribution in [2.75, 3.05) is 5.32 Å². The number of benzene rings is 2. The van der Waals surface area contributed by atoms with E-state index in [9.17, 15) is 14.9 Å². The van der Waals surface area contributed by atoms with Crippen molar-refractivity contribution in [3.63, 3.8) is 0 Å². The van der Waals surface area contributed by atoms with Gasteiger partial charge in [-0.05, 0) is 18.6 Å². The number of amides is 1. The van der Waals surface area contributed by atoms with Crippen LogP contribution in [0.25, 0.3) is 11.4 Å². The zero-order chi connectivity index (χ0) is 18.5. The molecule has 0 aliphatic rings. The van der Waals surface area contributed by atoms with Crippen LogP contribution in [0.3, 0.4) is 0 Å². The van der Waals surface area contributed by atoms with Gasteiger partial charge in [-0.1, -0.05) is 42.5 Å². The van der Waals surface area contributed by atoms with Crippen molar-refractivity contribution in [2.45, 2.75) is 13.5 Å². The second-order valence-corrected chi connectivity index (χ2v) is 5.42. The minimum absolute atomic E-state index is 0.0335. The number of carbonyl (C=O) groups is 1. The molecule has 2 N–H and O–H groups in total. The number of anilines is 1. The summed E-state index contributed by atoms with van der Waals surface area (Å²) < 4.78 is 5.08. The van der Waals surface area contributed by atoms with E-state index in [-0.39, 0.29) is 29.6 Å². The summed E-state index contributed by atoms with van der Waals surface area (Å²) >= 11 is 0. The highest BCUT2D eigenvalue weighted by Gasteiger charge is 2.21. The molecule has 3 aromatic rings. The number of nitro benzene ring substituents is 1. The van der Waals surface area contributed by atoms with Crippen molar-refractivity contribution < 1.29 is 14.5 Å². The Bertz CT molecular complexity index is 939. The summed E-state index contributed by atoms with van der Waals surface area (Å²) in [7, 11) is 0. The Labute approximate surface area is 148 Å². The number of hydrogen-bond donors (Lipinski definition) is 2. The second-order valence-electron chi connectivity index (χ2n) is 5.42. The molecule has 1 amide bonds. The highest BCUT2D eigenvalue weighted by molar-refractivity contribution is 5.82. The number of rotatable bonds is 5. The van der Waals surface area contributed by atoms with E-state index >= 15 is 0 Å². The molecule has 0 saturated heterocycles. The average Bonchev–Trinajstić information content (AvgIpc) is 3.08. The number of aromatic nitrogens is 3. The molecular weight excluding hydrogens is 338 g/mol. The fourth-order valence-corrected chi connectivity index (χ4v) is 2.38. The molecule has 3 rings (SSSR count). The fourth-order valence-electron chi connectivity index (χ4n) is 2.38. The van der Waals surface area contributed by atoms with Gasteiger partial charge in [0.2, 0.25) is 0 Å². The minimum Gasteiger partial charge on any atom is -0.444 e. The van der Waals surface area contributed by atoms with Gasteiger partial charge in [0.25, 0.3) is 11.6 Å². The van der Waals surface area contributed by atoms with E-state index in [4.69, 9.17) is 4.74 Å². The average molecular weight is 353 g/mol. The number of ether oxygens (including phenoxy) is 1. The summed E-state index contributed by atoms with van der Waals surface area (Å²) in [5.74, 6) is 0.146. The molecule has 0 saturated carbocycles. The maximum Gasteiger partial charge on any atom is 0.414 e. The minimum atomic E-state index is -0.724. The number of aromatic amines is 1. The van der Waals surface area contributed by atoms with Crippen LogP contribution in [-0.2, 0) is 11.3 Å². The first-order valence-corrected chi connectivity index (χ1v) is 7.69. The summed E-state index contributed by atoms with van der Waals surface area (Å²) in [5, 5.41) is 20.1. The number of nitro groups is 1. The van der Waals surface area contributed by atoms with Crippen LogP contribution in [0.2, 0.25) is 0 Å². The van der Waals surface area contributed by atoms with E-state index in [2.05, 4.69) is 20.5 Å². The molecule has 132 valence electrons. The van der Waals surface area contributed by atoms with Gasteiger partial charge in [-0.3, -0.25) is 20.5 Å². The van der Waals surface area contributed by atoms with E-state index in [1.54, 1.807) is 25.1 Å². The predicted molar refractivity (Wildman–Crippen MR) is 93.5 cm³/mol. The quantitative estimate of drug-likeness (QED) is 0.535. The van der Waals surface area contributed by atoms with Crippen LogP contribution in [0.1, 0.15) is 11.1 Å². The van der Waals surface area contributed by atoms with Crippen molar-refractivity contribution >= 4 is 17.7 Å². The summed E-state index contributed by atoms with van der Waals surface area (Å²) in [6.07, 6.45) is -0.724. The number of nitrogens with one attached hydrogen (secondary N) is 2. The van der Waals surface area contributed by atoms with Crippen molar-refractivity contribution in [1.29, 1.82) is 0 Å². The number of H-pyrrole nitrogens is 1. The van der Waals surface area contributed by atoms with E-state index in [0.29, 0.717) is 5.56 Å². The number of aryl methyl sites for hydroxylation is 1. The van der Waals surface area contributed by atoms with E-state index < -0.39 is 11.0 Å². The smallest absolute Gasteiger partial charge is 0.414 e. The summed E-state index contributed by atoms with van der Waals surface area (Å²) in [4.78, 5) is 26.7. The molecule has 1 heterocycles. The summed E-state index contributed by atoms with van der Waals surface area (Å²) in [6, 6.07) is 14.1. The standard InChI is InChI=1S/C17H15N5O4/c1-11-6-5-9-13(14(11)22(24)25)15-18-16(21-20-15)19-17(23)26-10-12-7-3-2-4-8-12/h2-9H,10H2,1H3,(H2,18,19,20,21,23). The Morgan fingerprint density at radius 2 is 2.00 bits per heavy atom. The van der Waals surface area contributed by atoms with Gasteiger partial charge in [0.1, 0.15) is 6.61 Å². The molecular formula is C17H15N5O4. The molecule has 9 heteroatoms. The molecule has 0 atom stereocenters. The Kier molecular flexibility index (Phi) is 4.88. The second kappa shape index (κ2) is 7.43. The van der Waals surface area contributed by atoms with Gasteiger partial charge in [-0.2, -0.15) is 4.98 Å². The highest BCUT2D eigenvalue weighted by Crippen LogP contribution is 2.30. The summed E-state index contributed by atoms with van der Waals surface area (Å²) in [5.41, 5.74) is 1.56. The lowest BCUT2D eigenvalue weighted by molar-refractivity contribution is -0.384. The fraction of sp³-hybridized carbons (Fsp3) is 0.118. The van der Waals surface area contributed by atoms with Gasteiger partial charge in [0.05, 0.1) is 10.5 Å². The van der Waals surface area contributed by atoms with Gasteiger partial charge >= 0.3 is 6.09 Å². The first kappa shape index (κ1) is 17.1. The largest absolute Gasteiger partial charge is 0.444 e. The van der Waals surface area contributed by atoms with Crippen molar-refractivity contribution in [2.24, 2.45) is 0 Å². The van der Waals surface area contributed by atoms with Gasteiger partial charge in [0.15, 0.2) is 5.82 Å². The number of hydrogen-bond acceptors (Lipinski definition) is 6. The Balaban J connectivity index is 1.70. The molecule has 0 radical (unpaired) electrons. The summed E-state index contributed by atoms with van der Waals surface area (Å²) in [6.45, 7) is 1.74. The SMILES string of the molecule is Cc1cccc(-c2nc(NC(=O)OCc3ccccc3)n[nH]2)c1[N+](=O)[O-]. The van der Waals surface area contributed by atoms with Gasteiger partial charge in [-0.15, -0.1) is 5.10 Å². The molecule has 26 heavy (non-hydrogen) atoms. The van der Waals surface area contributed by atoms with Crippen LogP contribution in [-0.4, -0.2) is 26.2 Å². The first-order valence-electron chi connectivity index (χ1n) is 7.69. The zero-order valence-corrected chi connectivity index (χ0v) is 13.8. The van der Waals surface area contributed by atoms with Crippen LogP contribution in [0.4, 0.5) is 16.4 Å². The number of carbonyl (C=O) groups excluding carboxylic acids is 1. The van der Waals surface area contributed by atoms with Crippen LogP contribution >= 0.6 is 0 Å².